The average molecular weight is 267 g/mol. The molecular formula is C13H15ClN2S. The second-order valence-corrected chi connectivity index (χ2v) is 6.03. The van der Waals surface area contributed by atoms with Crippen LogP contribution in [0.5, 0.6) is 0 Å². The number of hydrogen-bond acceptors (Lipinski definition) is 3. The standard InChI is InChI=1S/C13H15ClN2S/c1-8-5-9(2)13(16-7-8)11(15)6-10-3-4-12(14)17-10/h3-5,7,11H,6,15H2,1-2H3. The van der Waals surface area contributed by atoms with Crippen LogP contribution in [0.25, 0.3) is 0 Å². The summed E-state index contributed by atoms with van der Waals surface area (Å²) in [6.07, 6.45) is 2.65. The Morgan fingerprint density at radius 3 is 2.76 bits per heavy atom. The van der Waals surface area contributed by atoms with Crippen LogP contribution in [0.2, 0.25) is 4.34 Å². The van der Waals surface area contributed by atoms with Gasteiger partial charge in [0.05, 0.1) is 16.1 Å². The first kappa shape index (κ1) is 12.6. The second-order valence-electron chi connectivity index (χ2n) is 4.23. The topological polar surface area (TPSA) is 38.9 Å². The van der Waals surface area contributed by atoms with Crippen molar-refractivity contribution in [2.75, 3.05) is 0 Å². The van der Waals surface area contributed by atoms with Crippen LogP contribution in [0.1, 0.15) is 27.7 Å². The molecule has 1 atom stereocenters. The zero-order valence-corrected chi connectivity index (χ0v) is 11.5. The maximum Gasteiger partial charge on any atom is 0.0931 e. The highest BCUT2D eigenvalue weighted by atomic mass is 35.5. The Kier molecular flexibility index (Phi) is 3.82. The van der Waals surface area contributed by atoms with E-state index in [4.69, 9.17) is 17.3 Å². The molecule has 0 aliphatic heterocycles. The molecule has 2 heterocycles. The van der Waals surface area contributed by atoms with Crippen molar-refractivity contribution in [2.24, 2.45) is 5.73 Å². The Hall–Kier alpha value is -0.900. The van der Waals surface area contributed by atoms with Gasteiger partial charge in [0.1, 0.15) is 0 Å². The molecule has 2 aromatic heterocycles. The molecule has 2 aromatic rings. The molecule has 0 aliphatic carbocycles. The van der Waals surface area contributed by atoms with Crippen LogP contribution in [0.15, 0.2) is 24.4 Å². The predicted molar refractivity (Wildman–Crippen MR) is 73.7 cm³/mol. The van der Waals surface area contributed by atoms with Gasteiger partial charge in [-0.25, -0.2) is 0 Å². The molecule has 0 amide bonds. The summed E-state index contributed by atoms with van der Waals surface area (Å²) in [5.74, 6) is 0. The van der Waals surface area contributed by atoms with E-state index >= 15 is 0 Å². The highest BCUT2D eigenvalue weighted by molar-refractivity contribution is 7.16. The van der Waals surface area contributed by atoms with Crippen LogP contribution in [0.3, 0.4) is 0 Å². The molecule has 1 unspecified atom stereocenters. The monoisotopic (exact) mass is 266 g/mol. The van der Waals surface area contributed by atoms with E-state index < -0.39 is 0 Å². The molecule has 0 aromatic carbocycles. The number of thiophene rings is 1. The molecule has 0 aliphatic rings. The Balaban J connectivity index is 2.17. The van der Waals surface area contributed by atoms with Crippen LogP contribution < -0.4 is 5.73 Å². The van der Waals surface area contributed by atoms with E-state index in [1.807, 2.05) is 25.3 Å². The maximum absolute atomic E-state index is 6.19. The molecule has 17 heavy (non-hydrogen) atoms. The molecule has 0 radical (unpaired) electrons. The Morgan fingerprint density at radius 1 is 1.41 bits per heavy atom. The van der Waals surface area contributed by atoms with Gasteiger partial charge in [-0.1, -0.05) is 17.7 Å². The van der Waals surface area contributed by atoms with Gasteiger partial charge in [-0.05, 0) is 37.1 Å². The van der Waals surface area contributed by atoms with E-state index in [0.29, 0.717) is 0 Å². The fraction of sp³-hybridized carbons (Fsp3) is 0.308. The Bertz CT molecular complexity index is 522. The number of aryl methyl sites for hydroxylation is 2. The molecule has 90 valence electrons. The molecule has 2 N–H and O–H groups in total. The van der Waals surface area contributed by atoms with Gasteiger partial charge in [-0.15, -0.1) is 11.3 Å². The number of hydrogen-bond donors (Lipinski definition) is 1. The molecule has 0 saturated carbocycles. The summed E-state index contributed by atoms with van der Waals surface area (Å²) in [5, 5.41) is 0. The van der Waals surface area contributed by atoms with Crippen molar-refractivity contribution in [1.29, 1.82) is 0 Å². The van der Waals surface area contributed by atoms with Gasteiger partial charge in [0, 0.05) is 17.5 Å². The molecule has 2 rings (SSSR count). The molecule has 4 heteroatoms. The van der Waals surface area contributed by atoms with Crippen molar-refractivity contribution in [1.82, 2.24) is 4.98 Å². The van der Waals surface area contributed by atoms with Gasteiger partial charge in [-0.2, -0.15) is 0 Å². The molecule has 0 saturated heterocycles. The SMILES string of the molecule is Cc1cnc(C(N)Cc2ccc(Cl)s2)c(C)c1. The van der Waals surface area contributed by atoms with Crippen molar-refractivity contribution in [2.45, 2.75) is 26.3 Å². The number of rotatable bonds is 3. The quantitative estimate of drug-likeness (QED) is 0.921. The number of aromatic nitrogens is 1. The maximum atomic E-state index is 6.19. The van der Waals surface area contributed by atoms with Crippen LogP contribution in [-0.4, -0.2) is 4.98 Å². The summed E-state index contributed by atoms with van der Waals surface area (Å²) in [4.78, 5) is 5.63. The summed E-state index contributed by atoms with van der Waals surface area (Å²) >= 11 is 7.48. The van der Waals surface area contributed by atoms with Gasteiger partial charge in [-0.3, -0.25) is 4.98 Å². The van der Waals surface area contributed by atoms with Crippen LogP contribution in [0, 0.1) is 13.8 Å². The van der Waals surface area contributed by atoms with Crippen molar-refractivity contribution < 1.29 is 0 Å². The van der Waals surface area contributed by atoms with E-state index in [-0.39, 0.29) is 6.04 Å². The third kappa shape index (κ3) is 3.06. The third-order valence-electron chi connectivity index (χ3n) is 2.66. The van der Waals surface area contributed by atoms with Gasteiger partial charge < -0.3 is 5.73 Å². The lowest BCUT2D eigenvalue weighted by Crippen LogP contribution is -2.16. The fourth-order valence-corrected chi connectivity index (χ4v) is 3.03. The van der Waals surface area contributed by atoms with Crippen molar-refractivity contribution in [3.8, 4) is 0 Å². The number of halogens is 1. The first-order valence-corrected chi connectivity index (χ1v) is 6.68. The molecule has 0 spiro atoms. The zero-order chi connectivity index (χ0) is 12.4. The highest BCUT2D eigenvalue weighted by Gasteiger charge is 2.12. The van der Waals surface area contributed by atoms with Crippen molar-refractivity contribution >= 4 is 22.9 Å². The average Bonchev–Trinajstić information content (AvgIpc) is 2.63. The fourth-order valence-electron chi connectivity index (χ4n) is 1.89. The Morgan fingerprint density at radius 2 is 2.18 bits per heavy atom. The van der Waals surface area contributed by atoms with Crippen molar-refractivity contribution in [3.63, 3.8) is 0 Å². The van der Waals surface area contributed by atoms with Gasteiger partial charge in [0.15, 0.2) is 0 Å². The van der Waals surface area contributed by atoms with Crippen LogP contribution in [-0.2, 0) is 6.42 Å². The van der Waals surface area contributed by atoms with Crippen LogP contribution >= 0.6 is 22.9 Å². The summed E-state index contributed by atoms with van der Waals surface area (Å²) in [6, 6.07) is 5.98. The van der Waals surface area contributed by atoms with Crippen LogP contribution in [0.4, 0.5) is 0 Å². The number of nitrogens with two attached hydrogens (primary N) is 1. The largest absolute Gasteiger partial charge is 0.322 e. The van der Waals surface area contributed by atoms with Gasteiger partial charge >= 0.3 is 0 Å². The summed E-state index contributed by atoms with van der Waals surface area (Å²) in [6.45, 7) is 4.09. The minimum atomic E-state index is -0.0645. The summed E-state index contributed by atoms with van der Waals surface area (Å²) in [5.41, 5.74) is 9.48. The Labute approximate surface area is 110 Å². The van der Waals surface area contributed by atoms with E-state index in [9.17, 15) is 0 Å². The number of nitrogens with zero attached hydrogens (tertiary/aromatic N) is 1. The van der Waals surface area contributed by atoms with E-state index in [1.165, 1.54) is 4.88 Å². The molecule has 2 nitrogen and oxygen atoms in total. The first-order chi connectivity index (χ1) is 8.06. The third-order valence-corrected chi connectivity index (χ3v) is 3.91. The summed E-state index contributed by atoms with van der Waals surface area (Å²) < 4.78 is 0.806. The molecule has 0 fully saturated rings. The lowest BCUT2D eigenvalue weighted by atomic mass is 10.0. The zero-order valence-electron chi connectivity index (χ0n) is 9.90. The first-order valence-electron chi connectivity index (χ1n) is 5.49. The lowest BCUT2D eigenvalue weighted by Gasteiger charge is -2.13. The predicted octanol–water partition coefficient (Wildman–Crippen LogP) is 3.66. The highest BCUT2D eigenvalue weighted by Crippen LogP contribution is 2.26. The lowest BCUT2D eigenvalue weighted by molar-refractivity contribution is 0.696. The minimum Gasteiger partial charge on any atom is -0.322 e. The van der Waals surface area contributed by atoms with Gasteiger partial charge in [0.2, 0.25) is 0 Å². The van der Waals surface area contributed by atoms with E-state index in [1.54, 1.807) is 11.3 Å². The molecular weight excluding hydrogens is 252 g/mol. The van der Waals surface area contributed by atoms with Gasteiger partial charge in [0.25, 0.3) is 0 Å². The van der Waals surface area contributed by atoms with E-state index in [2.05, 4.69) is 18.0 Å². The van der Waals surface area contributed by atoms with E-state index in [0.717, 1.165) is 27.6 Å². The minimum absolute atomic E-state index is 0.0645. The normalized spacial score (nSPS) is 12.7. The second kappa shape index (κ2) is 5.17. The van der Waals surface area contributed by atoms with Crippen molar-refractivity contribution in [3.05, 3.63) is 50.4 Å². The smallest absolute Gasteiger partial charge is 0.0931 e. The summed E-state index contributed by atoms with van der Waals surface area (Å²) in [7, 11) is 0. The molecule has 0 bridgehead atoms. The number of pyridine rings is 1.